The highest BCUT2D eigenvalue weighted by molar-refractivity contribution is 9.10. The Kier molecular flexibility index (Phi) is 4.03. The minimum atomic E-state index is -3.75. The molecule has 0 aromatic heterocycles. The van der Waals surface area contributed by atoms with Gasteiger partial charge in [0.25, 0.3) is 10.0 Å². The van der Waals surface area contributed by atoms with E-state index in [0.29, 0.717) is 10.7 Å². The molecule has 0 aliphatic rings. The number of hydrogen-bond donors (Lipinski definition) is 2. The zero-order chi connectivity index (χ0) is 14.0. The summed E-state index contributed by atoms with van der Waals surface area (Å²) >= 11 is 9.23. The number of halogens is 2. The van der Waals surface area contributed by atoms with Crippen LogP contribution in [-0.2, 0) is 10.0 Å². The molecule has 2 rings (SSSR count). The molecule has 0 radical (unpaired) electrons. The maximum Gasteiger partial charge on any atom is 0.263 e. The van der Waals surface area contributed by atoms with Crippen molar-refractivity contribution in [2.75, 3.05) is 10.5 Å². The van der Waals surface area contributed by atoms with Gasteiger partial charge in [0.1, 0.15) is 4.90 Å². The average molecular weight is 362 g/mol. The Morgan fingerprint density at radius 3 is 2.47 bits per heavy atom. The zero-order valence-electron chi connectivity index (χ0n) is 9.60. The molecular formula is C12H10BrClN2O2S. The van der Waals surface area contributed by atoms with E-state index in [1.165, 1.54) is 12.1 Å². The van der Waals surface area contributed by atoms with Gasteiger partial charge in [-0.1, -0.05) is 39.7 Å². The second kappa shape index (κ2) is 5.40. The maximum atomic E-state index is 12.2. The van der Waals surface area contributed by atoms with E-state index in [2.05, 4.69) is 20.7 Å². The second-order valence-electron chi connectivity index (χ2n) is 3.77. The third-order valence-electron chi connectivity index (χ3n) is 2.38. The lowest BCUT2D eigenvalue weighted by Gasteiger charge is -2.11. The van der Waals surface area contributed by atoms with Gasteiger partial charge in [-0.25, -0.2) is 8.42 Å². The van der Waals surface area contributed by atoms with Crippen LogP contribution in [0.4, 0.5) is 11.4 Å². The summed E-state index contributed by atoms with van der Waals surface area (Å²) in [5.41, 5.74) is 6.15. The van der Waals surface area contributed by atoms with E-state index in [0.717, 1.165) is 4.47 Å². The standard InChI is InChI=1S/C12H10BrClN2O2S/c13-8-5-6-11(9(14)7-8)16-19(17,18)12-4-2-1-3-10(12)15/h1-7,16H,15H2. The molecule has 0 heterocycles. The molecule has 2 aromatic rings. The fourth-order valence-corrected chi connectivity index (χ4v) is 3.49. The number of hydrogen-bond acceptors (Lipinski definition) is 3. The van der Waals surface area contributed by atoms with Gasteiger partial charge in [0, 0.05) is 4.47 Å². The van der Waals surface area contributed by atoms with Gasteiger partial charge in [-0.3, -0.25) is 4.72 Å². The van der Waals surface area contributed by atoms with Gasteiger partial charge in [0.2, 0.25) is 0 Å². The fourth-order valence-electron chi connectivity index (χ4n) is 1.50. The molecule has 2 aromatic carbocycles. The van der Waals surface area contributed by atoms with E-state index in [9.17, 15) is 8.42 Å². The van der Waals surface area contributed by atoms with Crippen LogP contribution in [0, 0.1) is 0 Å². The largest absolute Gasteiger partial charge is 0.398 e. The van der Waals surface area contributed by atoms with Gasteiger partial charge in [0.05, 0.1) is 16.4 Å². The first-order chi connectivity index (χ1) is 8.90. The van der Waals surface area contributed by atoms with Crippen LogP contribution < -0.4 is 10.5 Å². The van der Waals surface area contributed by atoms with E-state index < -0.39 is 10.0 Å². The van der Waals surface area contributed by atoms with Crippen LogP contribution in [-0.4, -0.2) is 8.42 Å². The Morgan fingerprint density at radius 1 is 1.16 bits per heavy atom. The Hall–Kier alpha value is -1.24. The second-order valence-corrected chi connectivity index (χ2v) is 6.74. The van der Waals surface area contributed by atoms with Gasteiger partial charge in [-0.15, -0.1) is 0 Å². The number of nitrogens with two attached hydrogens (primary N) is 1. The molecule has 0 unspecified atom stereocenters. The molecule has 0 aliphatic carbocycles. The molecule has 0 atom stereocenters. The van der Waals surface area contributed by atoms with Crippen LogP contribution >= 0.6 is 27.5 Å². The molecule has 3 N–H and O–H groups in total. The van der Waals surface area contributed by atoms with Gasteiger partial charge < -0.3 is 5.73 Å². The molecule has 0 fully saturated rings. The van der Waals surface area contributed by atoms with E-state index in [1.54, 1.807) is 30.3 Å². The number of sulfonamides is 1. The van der Waals surface area contributed by atoms with Crippen molar-refractivity contribution in [1.82, 2.24) is 0 Å². The molecule has 0 amide bonds. The number of nitrogens with one attached hydrogen (secondary N) is 1. The minimum absolute atomic E-state index is 0.0222. The first kappa shape index (κ1) is 14.2. The Bertz CT molecular complexity index is 719. The fraction of sp³-hybridized carbons (Fsp3) is 0. The van der Waals surface area contributed by atoms with Crippen molar-refractivity contribution in [3.63, 3.8) is 0 Å². The predicted octanol–water partition coefficient (Wildman–Crippen LogP) is 3.49. The molecular weight excluding hydrogens is 352 g/mol. The third kappa shape index (κ3) is 3.20. The summed E-state index contributed by atoms with van der Waals surface area (Å²) in [6.07, 6.45) is 0. The smallest absolute Gasteiger partial charge is 0.263 e. The van der Waals surface area contributed by atoms with E-state index >= 15 is 0 Å². The highest BCUT2D eigenvalue weighted by Gasteiger charge is 2.18. The SMILES string of the molecule is Nc1ccccc1S(=O)(=O)Nc1ccc(Br)cc1Cl. The predicted molar refractivity (Wildman–Crippen MR) is 80.8 cm³/mol. The lowest BCUT2D eigenvalue weighted by atomic mass is 10.3. The van der Waals surface area contributed by atoms with Crippen molar-refractivity contribution in [1.29, 1.82) is 0 Å². The molecule has 0 saturated heterocycles. The molecule has 4 nitrogen and oxygen atoms in total. The topological polar surface area (TPSA) is 72.2 Å². The summed E-state index contributed by atoms with van der Waals surface area (Å²) in [7, 11) is -3.75. The zero-order valence-corrected chi connectivity index (χ0v) is 12.8. The lowest BCUT2D eigenvalue weighted by Crippen LogP contribution is -2.14. The number of para-hydroxylation sites is 1. The van der Waals surface area contributed by atoms with Crippen molar-refractivity contribution < 1.29 is 8.42 Å². The highest BCUT2D eigenvalue weighted by atomic mass is 79.9. The summed E-state index contributed by atoms with van der Waals surface area (Å²) in [5.74, 6) is 0. The lowest BCUT2D eigenvalue weighted by molar-refractivity contribution is 0.601. The van der Waals surface area contributed by atoms with Gasteiger partial charge in [-0.2, -0.15) is 0 Å². The number of nitrogen functional groups attached to an aromatic ring is 1. The Balaban J connectivity index is 2.40. The summed E-state index contributed by atoms with van der Waals surface area (Å²) in [4.78, 5) is 0.0222. The summed E-state index contributed by atoms with van der Waals surface area (Å²) in [5, 5.41) is 0.299. The molecule has 100 valence electrons. The summed E-state index contributed by atoms with van der Waals surface area (Å²) < 4.78 is 27.6. The normalized spacial score (nSPS) is 11.3. The Labute approximate surface area is 124 Å². The number of anilines is 2. The van der Waals surface area contributed by atoms with Crippen molar-refractivity contribution in [2.45, 2.75) is 4.90 Å². The van der Waals surface area contributed by atoms with Crippen LogP contribution in [0.2, 0.25) is 5.02 Å². The average Bonchev–Trinajstić information content (AvgIpc) is 2.33. The molecule has 0 saturated carbocycles. The Morgan fingerprint density at radius 2 is 1.84 bits per heavy atom. The van der Waals surface area contributed by atoms with E-state index in [-0.39, 0.29) is 10.6 Å². The number of rotatable bonds is 3. The van der Waals surface area contributed by atoms with Gasteiger partial charge in [0.15, 0.2) is 0 Å². The van der Waals surface area contributed by atoms with Crippen LogP contribution in [0.5, 0.6) is 0 Å². The molecule has 0 bridgehead atoms. The maximum absolute atomic E-state index is 12.2. The highest BCUT2D eigenvalue weighted by Crippen LogP contribution is 2.28. The third-order valence-corrected chi connectivity index (χ3v) is 4.63. The van der Waals surface area contributed by atoms with Crippen LogP contribution in [0.25, 0.3) is 0 Å². The minimum Gasteiger partial charge on any atom is -0.398 e. The van der Waals surface area contributed by atoms with Gasteiger partial charge in [-0.05, 0) is 30.3 Å². The van der Waals surface area contributed by atoms with Gasteiger partial charge >= 0.3 is 0 Å². The molecule has 7 heteroatoms. The summed E-state index contributed by atoms with van der Waals surface area (Å²) in [6, 6.07) is 11.1. The first-order valence-corrected chi connectivity index (χ1v) is 7.88. The molecule has 0 aliphatic heterocycles. The van der Waals surface area contributed by atoms with E-state index in [4.69, 9.17) is 17.3 Å². The summed E-state index contributed by atoms with van der Waals surface area (Å²) in [6.45, 7) is 0. The monoisotopic (exact) mass is 360 g/mol. The van der Waals surface area contributed by atoms with Crippen molar-refractivity contribution in [3.8, 4) is 0 Å². The van der Waals surface area contributed by atoms with E-state index in [1.807, 2.05) is 0 Å². The van der Waals surface area contributed by atoms with Crippen LogP contribution in [0.15, 0.2) is 51.8 Å². The first-order valence-electron chi connectivity index (χ1n) is 5.22. The quantitative estimate of drug-likeness (QED) is 0.822. The molecule has 0 spiro atoms. The van der Waals surface area contributed by atoms with Crippen LogP contribution in [0.1, 0.15) is 0 Å². The van der Waals surface area contributed by atoms with Crippen LogP contribution in [0.3, 0.4) is 0 Å². The van der Waals surface area contributed by atoms with Crippen molar-refractivity contribution >= 4 is 48.9 Å². The van der Waals surface area contributed by atoms with Crippen molar-refractivity contribution in [3.05, 3.63) is 52.0 Å². The number of benzene rings is 2. The molecule has 19 heavy (non-hydrogen) atoms. The van der Waals surface area contributed by atoms with Crippen molar-refractivity contribution in [2.24, 2.45) is 0 Å².